The normalized spacial score (nSPS) is 12.9. The van der Waals surface area contributed by atoms with Gasteiger partial charge in [0, 0.05) is 0 Å². The average Bonchev–Trinajstić information content (AvgIpc) is 2.18. The van der Waals surface area contributed by atoms with Crippen molar-refractivity contribution in [3.63, 3.8) is 0 Å². The smallest absolute Gasteiger partial charge is 0.141 e. The number of aliphatic hydroxyl groups excluding tert-OH is 1. The van der Waals surface area contributed by atoms with Crippen LogP contribution in [0, 0.1) is 5.82 Å². The van der Waals surface area contributed by atoms with Gasteiger partial charge in [-0.2, -0.15) is 0 Å². The van der Waals surface area contributed by atoms with Crippen LogP contribution in [0.3, 0.4) is 0 Å². The minimum atomic E-state index is -0.597. The molecule has 1 aromatic carbocycles. The minimum Gasteiger partial charge on any atom is -0.388 e. The molecule has 1 unspecified atom stereocenters. The molecule has 4 heteroatoms. The van der Waals surface area contributed by atoms with Crippen LogP contribution in [-0.4, -0.2) is 18.7 Å². The van der Waals surface area contributed by atoms with Crippen molar-refractivity contribution in [1.82, 2.24) is 5.32 Å². The second-order valence-corrected chi connectivity index (χ2v) is 3.49. The van der Waals surface area contributed by atoms with Crippen molar-refractivity contribution in [3.8, 4) is 0 Å². The molecule has 0 aliphatic carbocycles. The predicted octanol–water partition coefficient (Wildman–Crippen LogP) is 2.12. The first-order valence-corrected chi connectivity index (χ1v) is 4.80. The van der Waals surface area contributed by atoms with Gasteiger partial charge < -0.3 is 10.4 Å². The number of hydrogen-bond acceptors (Lipinski definition) is 2. The molecule has 0 spiro atoms. The zero-order chi connectivity index (χ0) is 10.6. The molecule has 0 fully saturated rings. The van der Waals surface area contributed by atoms with E-state index in [4.69, 9.17) is 11.6 Å². The van der Waals surface area contributed by atoms with Crippen molar-refractivity contribution < 1.29 is 9.50 Å². The summed E-state index contributed by atoms with van der Waals surface area (Å²) in [6.45, 7) is 0.705. The standard InChI is InChI=1S/C10H13ClFNO/c1-13-5-4-10(14)7-2-3-9(12)8(11)6-7/h2-3,6,10,13-14H,4-5H2,1H3. The molecule has 0 saturated heterocycles. The van der Waals surface area contributed by atoms with Gasteiger partial charge in [0.2, 0.25) is 0 Å². The molecule has 0 amide bonds. The molecule has 2 nitrogen and oxygen atoms in total. The van der Waals surface area contributed by atoms with E-state index in [1.165, 1.54) is 12.1 Å². The second-order valence-electron chi connectivity index (χ2n) is 3.08. The second kappa shape index (κ2) is 5.29. The lowest BCUT2D eigenvalue weighted by Gasteiger charge is -2.10. The van der Waals surface area contributed by atoms with Gasteiger partial charge in [-0.1, -0.05) is 17.7 Å². The van der Waals surface area contributed by atoms with Crippen molar-refractivity contribution in [3.05, 3.63) is 34.6 Å². The Morgan fingerprint density at radius 1 is 1.57 bits per heavy atom. The van der Waals surface area contributed by atoms with E-state index in [-0.39, 0.29) is 5.02 Å². The molecule has 1 atom stereocenters. The summed E-state index contributed by atoms with van der Waals surface area (Å²) < 4.78 is 12.8. The van der Waals surface area contributed by atoms with E-state index in [2.05, 4.69) is 5.32 Å². The summed E-state index contributed by atoms with van der Waals surface area (Å²) in [5.74, 6) is -0.462. The molecule has 0 heterocycles. The Labute approximate surface area is 87.7 Å². The van der Waals surface area contributed by atoms with E-state index in [1.54, 1.807) is 6.07 Å². The number of aliphatic hydroxyl groups is 1. The lowest BCUT2D eigenvalue weighted by Crippen LogP contribution is -2.11. The molecule has 0 radical (unpaired) electrons. The third-order valence-corrected chi connectivity index (χ3v) is 2.29. The summed E-state index contributed by atoms with van der Waals surface area (Å²) in [5.41, 5.74) is 0.645. The van der Waals surface area contributed by atoms with Crippen molar-refractivity contribution in [2.24, 2.45) is 0 Å². The summed E-state index contributed by atoms with van der Waals surface area (Å²) in [5, 5.41) is 12.6. The van der Waals surface area contributed by atoms with Gasteiger partial charge in [0.1, 0.15) is 5.82 Å². The summed E-state index contributed by atoms with van der Waals surface area (Å²) >= 11 is 5.59. The van der Waals surface area contributed by atoms with Gasteiger partial charge >= 0.3 is 0 Å². The van der Waals surface area contributed by atoms with Gasteiger partial charge in [-0.05, 0) is 37.7 Å². The molecule has 0 aromatic heterocycles. The highest BCUT2D eigenvalue weighted by Crippen LogP contribution is 2.22. The van der Waals surface area contributed by atoms with Crippen LogP contribution in [0.2, 0.25) is 5.02 Å². The van der Waals surface area contributed by atoms with E-state index < -0.39 is 11.9 Å². The first kappa shape index (κ1) is 11.4. The minimum absolute atomic E-state index is 0.0472. The fourth-order valence-electron chi connectivity index (χ4n) is 1.17. The van der Waals surface area contributed by atoms with Crippen LogP contribution in [0.25, 0.3) is 0 Å². The molecule has 14 heavy (non-hydrogen) atoms. The highest BCUT2D eigenvalue weighted by molar-refractivity contribution is 6.30. The summed E-state index contributed by atoms with van der Waals surface area (Å²) in [6, 6.07) is 4.26. The van der Waals surface area contributed by atoms with E-state index in [9.17, 15) is 9.50 Å². The van der Waals surface area contributed by atoms with E-state index >= 15 is 0 Å². The fourth-order valence-corrected chi connectivity index (χ4v) is 1.36. The number of rotatable bonds is 4. The number of hydrogen-bond donors (Lipinski definition) is 2. The van der Waals surface area contributed by atoms with Crippen molar-refractivity contribution in [2.75, 3.05) is 13.6 Å². The van der Waals surface area contributed by atoms with Gasteiger partial charge in [-0.25, -0.2) is 4.39 Å². The molecule has 0 aliphatic rings. The van der Waals surface area contributed by atoms with E-state index in [0.717, 1.165) is 0 Å². The van der Waals surface area contributed by atoms with Crippen molar-refractivity contribution in [2.45, 2.75) is 12.5 Å². The van der Waals surface area contributed by atoms with Gasteiger partial charge in [-0.3, -0.25) is 0 Å². The van der Waals surface area contributed by atoms with Crippen LogP contribution in [0.4, 0.5) is 4.39 Å². The SMILES string of the molecule is CNCCC(O)c1ccc(F)c(Cl)c1. The molecule has 78 valence electrons. The maximum absolute atomic E-state index is 12.8. The Morgan fingerprint density at radius 3 is 2.86 bits per heavy atom. The van der Waals surface area contributed by atoms with Crippen LogP contribution in [0.5, 0.6) is 0 Å². The molecule has 0 aliphatic heterocycles. The summed E-state index contributed by atoms with van der Waals surface area (Å²) in [7, 11) is 1.81. The van der Waals surface area contributed by atoms with Gasteiger partial charge in [0.15, 0.2) is 0 Å². The third kappa shape index (κ3) is 2.94. The average molecular weight is 218 g/mol. The lowest BCUT2D eigenvalue weighted by atomic mass is 10.1. The van der Waals surface area contributed by atoms with Crippen LogP contribution < -0.4 is 5.32 Å². The Kier molecular flexibility index (Phi) is 4.32. The molecule has 0 bridgehead atoms. The van der Waals surface area contributed by atoms with E-state index in [0.29, 0.717) is 18.5 Å². The first-order chi connectivity index (χ1) is 6.65. The Bertz CT molecular complexity index is 306. The van der Waals surface area contributed by atoms with Crippen LogP contribution >= 0.6 is 11.6 Å². The third-order valence-electron chi connectivity index (χ3n) is 2.00. The molecule has 0 saturated carbocycles. The van der Waals surface area contributed by atoms with Gasteiger partial charge in [0.25, 0.3) is 0 Å². The molecule has 2 N–H and O–H groups in total. The number of benzene rings is 1. The maximum Gasteiger partial charge on any atom is 0.141 e. The predicted molar refractivity (Wildman–Crippen MR) is 54.9 cm³/mol. The van der Waals surface area contributed by atoms with Gasteiger partial charge in [-0.15, -0.1) is 0 Å². The largest absolute Gasteiger partial charge is 0.388 e. The number of halogens is 2. The highest BCUT2D eigenvalue weighted by atomic mass is 35.5. The fraction of sp³-hybridized carbons (Fsp3) is 0.400. The molecule has 1 rings (SSSR count). The monoisotopic (exact) mass is 217 g/mol. The van der Waals surface area contributed by atoms with Crippen LogP contribution in [0.15, 0.2) is 18.2 Å². The van der Waals surface area contributed by atoms with Crippen LogP contribution in [-0.2, 0) is 0 Å². The lowest BCUT2D eigenvalue weighted by molar-refractivity contribution is 0.167. The maximum atomic E-state index is 12.8. The first-order valence-electron chi connectivity index (χ1n) is 4.42. The number of nitrogens with one attached hydrogen (secondary N) is 1. The van der Waals surface area contributed by atoms with Crippen molar-refractivity contribution >= 4 is 11.6 Å². The Balaban J connectivity index is 2.70. The molecular weight excluding hydrogens is 205 g/mol. The molecular formula is C10H13ClFNO. The summed E-state index contributed by atoms with van der Waals surface area (Å²) in [6.07, 6.45) is -0.0149. The quantitative estimate of drug-likeness (QED) is 0.810. The highest BCUT2D eigenvalue weighted by Gasteiger charge is 2.08. The zero-order valence-corrected chi connectivity index (χ0v) is 8.68. The molecule has 1 aromatic rings. The van der Waals surface area contributed by atoms with Crippen molar-refractivity contribution in [1.29, 1.82) is 0 Å². The van der Waals surface area contributed by atoms with Gasteiger partial charge in [0.05, 0.1) is 11.1 Å². The Morgan fingerprint density at radius 2 is 2.29 bits per heavy atom. The van der Waals surface area contributed by atoms with Crippen LogP contribution in [0.1, 0.15) is 18.1 Å². The topological polar surface area (TPSA) is 32.3 Å². The zero-order valence-electron chi connectivity index (χ0n) is 7.93. The summed E-state index contributed by atoms with van der Waals surface area (Å²) in [4.78, 5) is 0. The Hall–Kier alpha value is -0.640. The van der Waals surface area contributed by atoms with E-state index in [1.807, 2.05) is 7.05 Å².